The van der Waals surface area contributed by atoms with Crippen LogP contribution < -0.4 is 10.6 Å². The summed E-state index contributed by atoms with van der Waals surface area (Å²) in [6.07, 6.45) is 0.738. The maximum absolute atomic E-state index is 13.3. The molecule has 0 aliphatic heterocycles. The number of rotatable bonds is 6. The van der Waals surface area contributed by atoms with Crippen LogP contribution in [0.1, 0.15) is 22.8 Å². The van der Waals surface area contributed by atoms with Gasteiger partial charge in [-0.3, -0.25) is 19.7 Å². The highest BCUT2D eigenvalue weighted by molar-refractivity contribution is 5.99. The third-order valence-electron chi connectivity index (χ3n) is 3.49. The summed E-state index contributed by atoms with van der Waals surface area (Å²) < 4.78 is 13.3. The van der Waals surface area contributed by atoms with Gasteiger partial charge in [0.1, 0.15) is 0 Å². The van der Waals surface area contributed by atoms with Crippen molar-refractivity contribution in [1.29, 1.82) is 0 Å². The molecule has 0 aliphatic carbocycles. The van der Waals surface area contributed by atoms with Gasteiger partial charge in [-0.2, -0.15) is 4.39 Å². The number of benzene rings is 2. The van der Waals surface area contributed by atoms with Crippen molar-refractivity contribution in [2.75, 3.05) is 11.9 Å². The lowest BCUT2D eigenvalue weighted by Gasteiger charge is -2.10. The van der Waals surface area contributed by atoms with E-state index in [9.17, 15) is 24.1 Å². The first kappa shape index (κ1) is 18.1. The molecule has 2 N–H and O–H groups in total. The third kappa shape index (κ3) is 4.60. The Morgan fingerprint density at radius 2 is 1.92 bits per heavy atom. The van der Waals surface area contributed by atoms with E-state index in [1.165, 1.54) is 0 Å². The maximum Gasteiger partial charge on any atom is 0.305 e. The van der Waals surface area contributed by atoms with Crippen LogP contribution in [0.15, 0.2) is 42.5 Å². The van der Waals surface area contributed by atoms with Gasteiger partial charge in [0.15, 0.2) is 0 Å². The molecule has 0 aliphatic rings. The minimum Gasteiger partial charge on any atom is -0.343 e. The number of para-hydroxylation sites is 1. The van der Waals surface area contributed by atoms with E-state index < -0.39 is 28.2 Å². The quantitative estimate of drug-likeness (QED) is 0.621. The van der Waals surface area contributed by atoms with Crippen molar-refractivity contribution >= 4 is 23.2 Å². The molecule has 2 rings (SSSR count). The van der Waals surface area contributed by atoms with Crippen LogP contribution in [0, 0.1) is 15.9 Å². The zero-order valence-electron chi connectivity index (χ0n) is 13.4. The highest BCUT2D eigenvalue weighted by Crippen LogP contribution is 2.18. The summed E-state index contributed by atoms with van der Waals surface area (Å²) in [5.74, 6) is -2.18. The van der Waals surface area contributed by atoms with Crippen molar-refractivity contribution in [3.8, 4) is 0 Å². The summed E-state index contributed by atoms with van der Waals surface area (Å²) in [5, 5.41) is 15.7. The second kappa shape index (κ2) is 8.00. The van der Waals surface area contributed by atoms with Crippen molar-refractivity contribution in [3.05, 3.63) is 69.5 Å². The molecule has 7 nitrogen and oxygen atoms in total. The van der Waals surface area contributed by atoms with E-state index in [1.807, 2.05) is 19.1 Å². The van der Waals surface area contributed by atoms with E-state index in [0.29, 0.717) is 5.69 Å². The molecular weight excluding hydrogens is 329 g/mol. The lowest BCUT2D eigenvalue weighted by molar-refractivity contribution is -0.387. The van der Waals surface area contributed by atoms with Crippen molar-refractivity contribution in [2.45, 2.75) is 13.3 Å². The van der Waals surface area contributed by atoms with E-state index in [1.54, 1.807) is 12.1 Å². The van der Waals surface area contributed by atoms with Gasteiger partial charge in [0, 0.05) is 17.3 Å². The second-order valence-corrected chi connectivity index (χ2v) is 5.16. The summed E-state index contributed by atoms with van der Waals surface area (Å²) in [4.78, 5) is 33.7. The van der Waals surface area contributed by atoms with Crippen molar-refractivity contribution in [3.63, 3.8) is 0 Å². The number of halogens is 1. The van der Waals surface area contributed by atoms with Gasteiger partial charge in [0.2, 0.25) is 11.7 Å². The van der Waals surface area contributed by atoms with Crippen molar-refractivity contribution in [2.24, 2.45) is 0 Å². The molecule has 0 bridgehead atoms. The van der Waals surface area contributed by atoms with Crippen LogP contribution >= 0.6 is 0 Å². The summed E-state index contributed by atoms with van der Waals surface area (Å²) in [6.45, 7) is 1.64. The Morgan fingerprint density at radius 3 is 2.60 bits per heavy atom. The normalized spacial score (nSPS) is 10.2. The predicted molar refractivity (Wildman–Crippen MR) is 89.8 cm³/mol. The van der Waals surface area contributed by atoms with E-state index in [4.69, 9.17) is 0 Å². The molecule has 0 heterocycles. The van der Waals surface area contributed by atoms with Crippen LogP contribution in [0.4, 0.5) is 15.8 Å². The second-order valence-electron chi connectivity index (χ2n) is 5.16. The fourth-order valence-electron chi connectivity index (χ4n) is 2.20. The Bertz CT molecular complexity index is 823. The minimum atomic E-state index is -1.03. The fourth-order valence-corrected chi connectivity index (χ4v) is 2.20. The Balaban J connectivity index is 1.99. The number of aryl methyl sites for hydroxylation is 1. The molecule has 0 atom stereocenters. The average Bonchev–Trinajstić information content (AvgIpc) is 2.60. The zero-order valence-corrected chi connectivity index (χ0v) is 13.4. The molecule has 0 radical (unpaired) electrons. The summed E-state index contributed by atoms with van der Waals surface area (Å²) in [5.41, 5.74) is 0.710. The molecule has 0 saturated carbocycles. The smallest absolute Gasteiger partial charge is 0.305 e. The Kier molecular flexibility index (Phi) is 5.78. The number of carbonyl (C=O) groups excluding carboxylic acids is 2. The monoisotopic (exact) mass is 345 g/mol. The van der Waals surface area contributed by atoms with Gasteiger partial charge in [-0.15, -0.1) is 0 Å². The van der Waals surface area contributed by atoms with Gasteiger partial charge in [-0.25, -0.2) is 0 Å². The number of nitro benzene ring substituents is 1. The standard InChI is InChI=1S/C17H16FN3O4/c1-2-11-5-3-4-6-14(11)20-16(22)10-19-17(23)12-7-8-13(18)15(9-12)21(24)25/h3-9H,2,10H2,1H3,(H,19,23)(H,20,22). The molecular formula is C17H16FN3O4. The third-order valence-corrected chi connectivity index (χ3v) is 3.49. The van der Waals surface area contributed by atoms with E-state index in [0.717, 1.165) is 30.2 Å². The van der Waals surface area contributed by atoms with Gasteiger partial charge in [-0.1, -0.05) is 25.1 Å². The van der Waals surface area contributed by atoms with E-state index in [2.05, 4.69) is 10.6 Å². The number of nitrogens with zero attached hydrogens (tertiary/aromatic N) is 1. The average molecular weight is 345 g/mol. The lowest BCUT2D eigenvalue weighted by Crippen LogP contribution is -2.33. The number of hydrogen-bond donors (Lipinski definition) is 2. The molecule has 8 heteroatoms. The Hall–Kier alpha value is -3.29. The molecule has 0 saturated heterocycles. The van der Waals surface area contributed by atoms with Crippen LogP contribution in [-0.2, 0) is 11.2 Å². The molecule has 0 spiro atoms. The maximum atomic E-state index is 13.3. The largest absolute Gasteiger partial charge is 0.343 e. The van der Waals surface area contributed by atoms with Gasteiger partial charge in [0.25, 0.3) is 5.91 Å². The molecule has 2 aromatic rings. The van der Waals surface area contributed by atoms with Crippen molar-refractivity contribution in [1.82, 2.24) is 5.32 Å². The highest BCUT2D eigenvalue weighted by Gasteiger charge is 2.18. The summed E-state index contributed by atoms with van der Waals surface area (Å²) in [6, 6.07) is 10.1. The van der Waals surface area contributed by atoms with Crippen LogP contribution in [0.2, 0.25) is 0 Å². The van der Waals surface area contributed by atoms with E-state index in [-0.39, 0.29) is 12.1 Å². The number of nitrogens with one attached hydrogen (secondary N) is 2. The number of nitro groups is 1. The van der Waals surface area contributed by atoms with Crippen LogP contribution in [0.5, 0.6) is 0 Å². The molecule has 2 amide bonds. The number of hydrogen-bond acceptors (Lipinski definition) is 4. The van der Waals surface area contributed by atoms with Gasteiger partial charge in [0.05, 0.1) is 11.5 Å². The molecule has 2 aromatic carbocycles. The lowest BCUT2D eigenvalue weighted by atomic mass is 10.1. The first-order chi connectivity index (χ1) is 11.9. The van der Waals surface area contributed by atoms with Gasteiger partial charge in [-0.05, 0) is 30.2 Å². The summed E-state index contributed by atoms with van der Waals surface area (Å²) >= 11 is 0. The van der Waals surface area contributed by atoms with E-state index >= 15 is 0 Å². The van der Waals surface area contributed by atoms with Crippen molar-refractivity contribution < 1.29 is 18.9 Å². The number of carbonyl (C=O) groups is 2. The molecule has 25 heavy (non-hydrogen) atoms. The predicted octanol–water partition coefficient (Wildman–Crippen LogP) is 2.66. The summed E-state index contributed by atoms with van der Waals surface area (Å²) in [7, 11) is 0. The Morgan fingerprint density at radius 1 is 1.20 bits per heavy atom. The molecule has 0 aromatic heterocycles. The zero-order chi connectivity index (χ0) is 18.4. The van der Waals surface area contributed by atoms with Crippen LogP contribution in [0.25, 0.3) is 0 Å². The number of anilines is 1. The fraction of sp³-hybridized carbons (Fsp3) is 0.176. The first-order valence-electron chi connectivity index (χ1n) is 7.52. The number of amides is 2. The SMILES string of the molecule is CCc1ccccc1NC(=O)CNC(=O)c1ccc(F)c([N+](=O)[O-])c1. The first-order valence-corrected chi connectivity index (χ1v) is 7.52. The topological polar surface area (TPSA) is 101 Å². The van der Waals surface area contributed by atoms with Crippen LogP contribution in [0.3, 0.4) is 0 Å². The Labute approximate surface area is 143 Å². The molecule has 0 fully saturated rings. The minimum absolute atomic E-state index is 0.102. The van der Waals surface area contributed by atoms with Gasteiger partial charge < -0.3 is 10.6 Å². The highest BCUT2D eigenvalue weighted by atomic mass is 19.1. The van der Waals surface area contributed by atoms with Gasteiger partial charge >= 0.3 is 5.69 Å². The molecule has 130 valence electrons. The molecule has 0 unspecified atom stereocenters. The van der Waals surface area contributed by atoms with Crippen LogP contribution in [-0.4, -0.2) is 23.3 Å².